The Morgan fingerprint density at radius 3 is 1.83 bits per heavy atom. The summed E-state index contributed by atoms with van der Waals surface area (Å²) in [6.07, 6.45) is 0.386. The molecule has 0 bridgehead atoms. The topological polar surface area (TPSA) is 234 Å². The first-order valence-electron chi connectivity index (χ1n) is 9.45. The summed E-state index contributed by atoms with van der Waals surface area (Å²) >= 11 is 0. The molecule has 0 saturated carbocycles. The Bertz CT molecular complexity index is 613. The van der Waals surface area contributed by atoms with Gasteiger partial charge in [-0.05, 0) is 39.2 Å². The lowest BCUT2D eigenvalue weighted by molar-refractivity contribution is -0.142. The second-order valence-corrected chi connectivity index (χ2v) is 6.71. The van der Waals surface area contributed by atoms with Crippen molar-refractivity contribution in [3.63, 3.8) is 0 Å². The number of carboxylic acid groups (broad SMARTS) is 2. The van der Waals surface area contributed by atoms with E-state index in [-0.39, 0.29) is 12.8 Å². The van der Waals surface area contributed by atoms with Gasteiger partial charge in [-0.15, -0.1) is 0 Å². The fraction of sp³-hybridized carbons (Fsp3) is 0.706. The van der Waals surface area contributed by atoms with E-state index in [1.165, 1.54) is 6.92 Å². The molecule has 0 aromatic carbocycles. The third-order valence-electron chi connectivity index (χ3n) is 4.07. The van der Waals surface area contributed by atoms with Crippen LogP contribution in [0.4, 0.5) is 0 Å². The number of aliphatic hydroxyl groups is 1. The highest BCUT2D eigenvalue weighted by Crippen LogP contribution is 2.03. The molecule has 0 radical (unpaired) electrons. The number of hydrogen-bond donors (Lipinski definition) is 8. The molecule has 0 aliphatic carbocycles. The summed E-state index contributed by atoms with van der Waals surface area (Å²) in [5, 5.41) is 34.1. The van der Waals surface area contributed by atoms with Crippen LogP contribution in [0.15, 0.2) is 0 Å². The summed E-state index contributed by atoms with van der Waals surface area (Å²) < 4.78 is 0. The van der Waals surface area contributed by atoms with Crippen LogP contribution in [0, 0.1) is 0 Å². The number of carbonyl (C=O) groups excluding carboxylic acids is 3. The van der Waals surface area contributed by atoms with E-state index in [2.05, 4.69) is 16.0 Å². The third-order valence-corrected chi connectivity index (χ3v) is 4.07. The number of nitrogens with one attached hydrogen (secondary N) is 3. The van der Waals surface area contributed by atoms with Crippen LogP contribution in [0.1, 0.15) is 39.0 Å². The zero-order chi connectivity index (χ0) is 23.3. The third kappa shape index (κ3) is 10.7. The van der Waals surface area contributed by atoms with Gasteiger partial charge >= 0.3 is 11.9 Å². The Labute approximate surface area is 173 Å². The number of aliphatic carboxylic acids is 2. The van der Waals surface area contributed by atoms with E-state index in [0.29, 0.717) is 19.4 Å². The molecule has 10 N–H and O–H groups in total. The molecule has 13 nitrogen and oxygen atoms in total. The first-order valence-corrected chi connectivity index (χ1v) is 9.45. The van der Waals surface area contributed by atoms with Gasteiger partial charge in [-0.2, -0.15) is 0 Å². The maximum Gasteiger partial charge on any atom is 0.326 e. The number of hydrogen-bond acceptors (Lipinski definition) is 8. The zero-order valence-corrected chi connectivity index (χ0v) is 16.8. The number of amides is 3. The summed E-state index contributed by atoms with van der Waals surface area (Å²) in [4.78, 5) is 58.6. The lowest BCUT2D eigenvalue weighted by Crippen LogP contribution is -2.58. The minimum absolute atomic E-state index is 0.107. The number of carboxylic acids is 2. The lowest BCUT2D eigenvalue weighted by Gasteiger charge is -2.23. The van der Waals surface area contributed by atoms with Crippen molar-refractivity contribution in [1.82, 2.24) is 16.0 Å². The number of nitrogens with two attached hydrogens (primary N) is 2. The van der Waals surface area contributed by atoms with Crippen LogP contribution < -0.4 is 27.4 Å². The quantitative estimate of drug-likeness (QED) is 0.121. The van der Waals surface area contributed by atoms with Crippen LogP contribution in [-0.4, -0.2) is 82.3 Å². The highest BCUT2D eigenvalue weighted by atomic mass is 16.4. The molecule has 30 heavy (non-hydrogen) atoms. The van der Waals surface area contributed by atoms with Crippen molar-refractivity contribution in [2.45, 2.75) is 63.2 Å². The second-order valence-electron chi connectivity index (χ2n) is 6.71. The van der Waals surface area contributed by atoms with Gasteiger partial charge in [0.1, 0.15) is 18.1 Å². The predicted octanol–water partition coefficient (Wildman–Crippen LogP) is -3.14. The van der Waals surface area contributed by atoms with Crippen molar-refractivity contribution >= 4 is 29.7 Å². The average molecular weight is 433 g/mol. The summed E-state index contributed by atoms with van der Waals surface area (Å²) in [7, 11) is 0. The highest BCUT2D eigenvalue weighted by Gasteiger charge is 2.29. The molecule has 0 aliphatic rings. The van der Waals surface area contributed by atoms with Crippen LogP contribution in [0.25, 0.3) is 0 Å². The van der Waals surface area contributed by atoms with Gasteiger partial charge in [0.05, 0.1) is 12.6 Å². The standard InChI is InChI=1S/C17H31N5O8/c1-9(19)14(26)20-10(5-6-13(24)25)15(27)22-12(8-23)16(28)21-11(17(29)30)4-2-3-7-18/h9-12,23H,2-8,18-19H2,1H3,(H,20,26)(H,21,28)(H,22,27)(H,24,25)(H,29,30). The normalized spacial score (nSPS) is 14.7. The van der Waals surface area contributed by atoms with E-state index in [1.807, 2.05) is 0 Å². The van der Waals surface area contributed by atoms with Gasteiger partial charge < -0.3 is 42.7 Å². The fourth-order valence-corrected chi connectivity index (χ4v) is 2.33. The van der Waals surface area contributed by atoms with Crippen molar-refractivity contribution in [3.8, 4) is 0 Å². The summed E-state index contributed by atoms with van der Waals surface area (Å²) in [5.74, 6) is -5.07. The zero-order valence-electron chi connectivity index (χ0n) is 16.8. The van der Waals surface area contributed by atoms with Crippen LogP contribution in [-0.2, 0) is 24.0 Å². The minimum Gasteiger partial charge on any atom is -0.481 e. The molecule has 0 spiro atoms. The van der Waals surface area contributed by atoms with Gasteiger partial charge in [0.2, 0.25) is 17.7 Å². The van der Waals surface area contributed by atoms with E-state index in [9.17, 15) is 34.2 Å². The Morgan fingerprint density at radius 1 is 0.833 bits per heavy atom. The Kier molecular flexibility index (Phi) is 12.9. The van der Waals surface area contributed by atoms with Crippen molar-refractivity contribution in [1.29, 1.82) is 0 Å². The first kappa shape index (κ1) is 27.2. The highest BCUT2D eigenvalue weighted by molar-refractivity contribution is 5.94. The molecule has 0 heterocycles. The fourth-order valence-electron chi connectivity index (χ4n) is 2.33. The predicted molar refractivity (Wildman–Crippen MR) is 104 cm³/mol. The molecule has 0 aromatic heterocycles. The van der Waals surface area contributed by atoms with Crippen molar-refractivity contribution in [2.24, 2.45) is 11.5 Å². The summed E-state index contributed by atoms with van der Waals surface area (Å²) in [6.45, 7) is 0.877. The molecule has 0 saturated heterocycles. The van der Waals surface area contributed by atoms with Gasteiger partial charge in [-0.1, -0.05) is 0 Å². The van der Waals surface area contributed by atoms with Gasteiger partial charge in [0, 0.05) is 6.42 Å². The van der Waals surface area contributed by atoms with E-state index in [1.54, 1.807) is 0 Å². The SMILES string of the molecule is CC(N)C(=O)NC(CCC(=O)O)C(=O)NC(CO)C(=O)NC(CCCCN)C(=O)O. The summed E-state index contributed by atoms with van der Waals surface area (Å²) in [6, 6.07) is -5.03. The minimum atomic E-state index is -1.51. The van der Waals surface area contributed by atoms with E-state index in [0.717, 1.165) is 0 Å². The van der Waals surface area contributed by atoms with Crippen molar-refractivity contribution < 1.29 is 39.3 Å². The van der Waals surface area contributed by atoms with Gasteiger partial charge in [-0.25, -0.2) is 4.79 Å². The average Bonchev–Trinajstić information content (AvgIpc) is 2.67. The number of carbonyl (C=O) groups is 5. The molecule has 4 atom stereocenters. The van der Waals surface area contributed by atoms with E-state index >= 15 is 0 Å². The van der Waals surface area contributed by atoms with E-state index < -0.39 is 66.9 Å². The van der Waals surface area contributed by atoms with Crippen LogP contribution in [0.3, 0.4) is 0 Å². The molecule has 4 unspecified atom stereocenters. The monoisotopic (exact) mass is 433 g/mol. The van der Waals surface area contributed by atoms with Gasteiger partial charge in [0.15, 0.2) is 0 Å². The number of aliphatic hydroxyl groups excluding tert-OH is 1. The van der Waals surface area contributed by atoms with Crippen LogP contribution in [0.5, 0.6) is 0 Å². The number of unbranched alkanes of at least 4 members (excludes halogenated alkanes) is 1. The Balaban J connectivity index is 5.12. The van der Waals surface area contributed by atoms with E-state index in [4.69, 9.17) is 16.6 Å². The Morgan fingerprint density at radius 2 is 1.37 bits per heavy atom. The maximum absolute atomic E-state index is 12.4. The molecule has 0 aliphatic heterocycles. The molecule has 172 valence electrons. The molecule has 0 rings (SSSR count). The largest absolute Gasteiger partial charge is 0.481 e. The van der Waals surface area contributed by atoms with Crippen LogP contribution in [0.2, 0.25) is 0 Å². The lowest BCUT2D eigenvalue weighted by atomic mass is 10.1. The molecular weight excluding hydrogens is 402 g/mol. The molecular formula is C17H31N5O8. The molecule has 13 heteroatoms. The Hall–Kier alpha value is -2.77. The smallest absolute Gasteiger partial charge is 0.326 e. The van der Waals surface area contributed by atoms with Gasteiger partial charge in [0.25, 0.3) is 0 Å². The van der Waals surface area contributed by atoms with Crippen molar-refractivity contribution in [3.05, 3.63) is 0 Å². The molecule has 0 aromatic rings. The number of rotatable bonds is 15. The maximum atomic E-state index is 12.4. The second kappa shape index (κ2) is 14.3. The summed E-state index contributed by atoms with van der Waals surface area (Å²) in [5.41, 5.74) is 10.8. The van der Waals surface area contributed by atoms with Crippen LogP contribution >= 0.6 is 0 Å². The first-order chi connectivity index (χ1) is 14.0. The van der Waals surface area contributed by atoms with Crippen molar-refractivity contribution in [2.75, 3.05) is 13.2 Å². The molecule has 0 fully saturated rings. The van der Waals surface area contributed by atoms with Gasteiger partial charge in [-0.3, -0.25) is 19.2 Å². The molecule has 3 amide bonds.